The van der Waals surface area contributed by atoms with E-state index < -0.39 is 0 Å². The lowest BCUT2D eigenvalue weighted by Crippen LogP contribution is -1.96. The third kappa shape index (κ3) is 1.69. The molecule has 88 valence electrons. The van der Waals surface area contributed by atoms with E-state index in [-0.39, 0.29) is 0 Å². The van der Waals surface area contributed by atoms with Gasteiger partial charge in [-0.3, -0.25) is 4.98 Å². The number of hydrogen-bond acceptors (Lipinski definition) is 3. The van der Waals surface area contributed by atoms with Crippen LogP contribution in [0.25, 0.3) is 10.9 Å². The van der Waals surface area contributed by atoms with E-state index in [2.05, 4.69) is 24.9 Å². The number of methoxy groups -OCH3 is 1. The van der Waals surface area contributed by atoms with Crippen LogP contribution >= 0.6 is 11.8 Å². The molecule has 1 aromatic heterocycles. The smallest absolute Gasteiger partial charge is 0.119 e. The highest BCUT2D eigenvalue weighted by Gasteiger charge is 2.23. The zero-order chi connectivity index (χ0) is 12.0. The molecule has 2 nitrogen and oxygen atoms in total. The van der Waals surface area contributed by atoms with Crippen LogP contribution in [0.5, 0.6) is 5.75 Å². The van der Waals surface area contributed by atoms with Gasteiger partial charge in [0.1, 0.15) is 5.75 Å². The highest BCUT2D eigenvalue weighted by atomic mass is 32.2. The number of pyridine rings is 1. The van der Waals surface area contributed by atoms with Gasteiger partial charge in [-0.2, -0.15) is 0 Å². The first-order valence-corrected chi connectivity index (χ1v) is 6.71. The molecule has 0 saturated heterocycles. The molecule has 0 fully saturated rings. The summed E-state index contributed by atoms with van der Waals surface area (Å²) >= 11 is 1.96. The predicted octanol–water partition coefficient (Wildman–Crippen LogP) is 3.59. The number of hydrogen-bond donors (Lipinski definition) is 0. The van der Waals surface area contributed by atoms with Gasteiger partial charge >= 0.3 is 0 Å². The molecule has 3 heteroatoms. The minimum absolute atomic E-state index is 0.655. The molecule has 0 unspecified atom stereocenters. The number of thioether (sulfide) groups is 1. The summed E-state index contributed by atoms with van der Waals surface area (Å²) in [6.07, 6.45) is 1.13. The summed E-state index contributed by atoms with van der Waals surface area (Å²) in [4.78, 5) is 6.09. The Morgan fingerprint density at radius 2 is 2.24 bits per heavy atom. The fraction of sp³-hybridized carbons (Fsp3) is 0.357. The van der Waals surface area contributed by atoms with Crippen molar-refractivity contribution < 1.29 is 4.74 Å². The van der Waals surface area contributed by atoms with Crippen molar-refractivity contribution >= 4 is 22.7 Å². The van der Waals surface area contributed by atoms with Gasteiger partial charge in [-0.15, -0.1) is 11.8 Å². The molecule has 1 aliphatic rings. The third-order valence-electron chi connectivity index (χ3n) is 3.26. The molecule has 17 heavy (non-hydrogen) atoms. The highest BCUT2D eigenvalue weighted by molar-refractivity contribution is 8.00. The summed E-state index contributed by atoms with van der Waals surface area (Å²) in [6, 6.07) is 6.13. The van der Waals surface area contributed by atoms with E-state index in [1.807, 2.05) is 23.9 Å². The van der Waals surface area contributed by atoms with Crippen LogP contribution in [-0.2, 0) is 6.42 Å². The Kier molecular flexibility index (Phi) is 2.51. The molecule has 0 saturated carbocycles. The average Bonchev–Trinajstić information content (AvgIpc) is 2.72. The van der Waals surface area contributed by atoms with Gasteiger partial charge in [-0.05, 0) is 37.1 Å². The van der Waals surface area contributed by atoms with Crippen LogP contribution in [0, 0.1) is 6.92 Å². The minimum Gasteiger partial charge on any atom is -0.497 e. The van der Waals surface area contributed by atoms with Gasteiger partial charge in [-0.1, -0.05) is 6.92 Å². The van der Waals surface area contributed by atoms with Crippen LogP contribution in [0.1, 0.15) is 18.2 Å². The number of ether oxygens (including phenoxy) is 1. The number of rotatable bonds is 1. The van der Waals surface area contributed by atoms with E-state index in [0.29, 0.717) is 5.25 Å². The summed E-state index contributed by atoms with van der Waals surface area (Å²) < 4.78 is 5.30. The number of fused-ring (bicyclic) bond motifs is 3. The molecular weight excluding hydrogens is 230 g/mol. The maximum absolute atomic E-state index is 5.30. The van der Waals surface area contributed by atoms with Crippen molar-refractivity contribution in [2.24, 2.45) is 0 Å². The molecule has 0 radical (unpaired) electrons. The van der Waals surface area contributed by atoms with E-state index in [0.717, 1.165) is 17.7 Å². The molecule has 0 aliphatic carbocycles. The van der Waals surface area contributed by atoms with E-state index >= 15 is 0 Å². The van der Waals surface area contributed by atoms with Gasteiger partial charge in [0.05, 0.1) is 12.6 Å². The Bertz CT molecular complexity index is 594. The summed E-state index contributed by atoms with van der Waals surface area (Å²) in [6.45, 7) is 4.39. The van der Waals surface area contributed by atoms with Crippen LogP contribution in [0.3, 0.4) is 0 Å². The SMILES string of the molecule is COc1ccc2nc(C)c3c(c2c1)S[C@H](C)C3. The number of aryl methyl sites for hydroxylation is 1. The second-order valence-electron chi connectivity index (χ2n) is 4.52. The van der Waals surface area contributed by atoms with Gasteiger partial charge in [0.2, 0.25) is 0 Å². The average molecular weight is 245 g/mol. The molecule has 0 N–H and O–H groups in total. The predicted molar refractivity (Wildman–Crippen MR) is 72.1 cm³/mol. The standard InChI is InChI=1S/C14H15NOS/c1-8-6-11-9(2)15-13-5-4-10(16-3)7-12(13)14(11)17-8/h4-5,7-8H,6H2,1-3H3/t8-/m1/s1. The van der Waals surface area contributed by atoms with Crippen LogP contribution in [0.15, 0.2) is 23.1 Å². The molecule has 3 rings (SSSR count). The summed E-state index contributed by atoms with van der Waals surface area (Å²) in [5.41, 5.74) is 3.67. The topological polar surface area (TPSA) is 22.1 Å². The van der Waals surface area contributed by atoms with Crippen LogP contribution in [0.4, 0.5) is 0 Å². The van der Waals surface area contributed by atoms with E-state index in [1.54, 1.807) is 7.11 Å². The first-order valence-electron chi connectivity index (χ1n) is 5.83. The molecule has 0 bridgehead atoms. The molecule has 1 aromatic carbocycles. The lowest BCUT2D eigenvalue weighted by molar-refractivity contribution is 0.415. The lowest BCUT2D eigenvalue weighted by Gasteiger charge is -2.08. The van der Waals surface area contributed by atoms with Crippen molar-refractivity contribution in [3.63, 3.8) is 0 Å². The maximum Gasteiger partial charge on any atom is 0.119 e. The summed E-state index contributed by atoms with van der Waals surface area (Å²) in [5.74, 6) is 0.908. The molecule has 0 amide bonds. The zero-order valence-corrected chi connectivity index (χ0v) is 11.1. The lowest BCUT2D eigenvalue weighted by atomic mass is 10.1. The van der Waals surface area contributed by atoms with E-state index in [1.165, 1.54) is 21.5 Å². The van der Waals surface area contributed by atoms with Crippen LogP contribution < -0.4 is 4.74 Å². The first kappa shape index (κ1) is 10.9. The van der Waals surface area contributed by atoms with Gasteiger partial charge in [0.25, 0.3) is 0 Å². The second-order valence-corrected chi connectivity index (χ2v) is 5.97. The van der Waals surface area contributed by atoms with Crippen molar-refractivity contribution in [3.8, 4) is 5.75 Å². The fourth-order valence-electron chi connectivity index (χ4n) is 2.40. The van der Waals surface area contributed by atoms with Crippen molar-refractivity contribution in [3.05, 3.63) is 29.5 Å². The molecule has 0 spiro atoms. The Balaban J connectivity index is 2.31. The first-order chi connectivity index (χ1) is 8.19. The minimum atomic E-state index is 0.655. The Morgan fingerprint density at radius 3 is 3.00 bits per heavy atom. The quantitative estimate of drug-likeness (QED) is 0.766. The van der Waals surface area contributed by atoms with Crippen LogP contribution in [-0.4, -0.2) is 17.3 Å². The highest BCUT2D eigenvalue weighted by Crippen LogP contribution is 2.42. The number of aromatic nitrogens is 1. The van der Waals surface area contributed by atoms with Gasteiger partial charge in [0, 0.05) is 21.2 Å². The van der Waals surface area contributed by atoms with Crippen molar-refractivity contribution in [1.82, 2.24) is 4.98 Å². The van der Waals surface area contributed by atoms with E-state index in [4.69, 9.17) is 4.74 Å². The summed E-state index contributed by atoms with van der Waals surface area (Å²) in [7, 11) is 1.71. The van der Waals surface area contributed by atoms with Crippen molar-refractivity contribution in [1.29, 1.82) is 0 Å². The normalized spacial score (nSPS) is 18.4. The van der Waals surface area contributed by atoms with Crippen molar-refractivity contribution in [2.75, 3.05) is 7.11 Å². The maximum atomic E-state index is 5.30. The number of nitrogens with zero attached hydrogens (tertiary/aromatic N) is 1. The van der Waals surface area contributed by atoms with Gasteiger partial charge in [-0.25, -0.2) is 0 Å². The molecule has 2 aromatic rings. The largest absolute Gasteiger partial charge is 0.497 e. The monoisotopic (exact) mass is 245 g/mol. The second kappa shape index (κ2) is 3.91. The van der Waals surface area contributed by atoms with E-state index in [9.17, 15) is 0 Å². The third-order valence-corrected chi connectivity index (χ3v) is 4.53. The Hall–Kier alpha value is -1.22. The summed E-state index contributed by atoms with van der Waals surface area (Å²) in [5, 5.41) is 1.89. The van der Waals surface area contributed by atoms with Crippen molar-refractivity contribution in [2.45, 2.75) is 30.4 Å². The number of benzene rings is 1. The fourth-order valence-corrected chi connectivity index (χ4v) is 3.72. The molecule has 1 atom stereocenters. The van der Waals surface area contributed by atoms with Gasteiger partial charge < -0.3 is 4.74 Å². The van der Waals surface area contributed by atoms with Crippen LogP contribution in [0.2, 0.25) is 0 Å². The van der Waals surface area contributed by atoms with Gasteiger partial charge in [0.15, 0.2) is 0 Å². The molecule has 1 aliphatic heterocycles. The molecule has 2 heterocycles. The Morgan fingerprint density at radius 1 is 1.41 bits per heavy atom. The zero-order valence-electron chi connectivity index (χ0n) is 10.3. The Labute approximate surface area is 105 Å². The molecular formula is C14H15NOS.